The Kier molecular flexibility index (Phi) is 3.93. The minimum Gasteiger partial charge on any atom is -0.493 e. The predicted molar refractivity (Wildman–Crippen MR) is 56.9 cm³/mol. The molecule has 1 aromatic rings. The number of nitrogens with two attached hydrogens (primary N) is 1. The molecule has 5 heteroatoms. The third-order valence-corrected chi connectivity index (χ3v) is 2.03. The molecule has 1 rings (SSSR count). The first-order chi connectivity index (χ1) is 7.26. The van der Waals surface area contributed by atoms with Crippen LogP contribution in [0, 0.1) is 0 Å². The van der Waals surface area contributed by atoms with Crippen molar-refractivity contribution in [3.8, 4) is 11.5 Å². The molecule has 0 amide bonds. The summed E-state index contributed by atoms with van der Waals surface area (Å²) < 4.78 is 10.2. The summed E-state index contributed by atoms with van der Waals surface area (Å²) in [6, 6.07) is 5.19. The molecular formula is C10H14N2O3. The molecule has 0 saturated carbocycles. The highest BCUT2D eigenvalue weighted by molar-refractivity contribution is 6.02. The first-order valence-corrected chi connectivity index (χ1v) is 4.40. The molecule has 15 heavy (non-hydrogen) atoms. The van der Waals surface area contributed by atoms with Crippen LogP contribution in [0.1, 0.15) is 5.56 Å². The second kappa shape index (κ2) is 5.21. The van der Waals surface area contributed by atoms with E-state index in [1.54, 1.807) is 32.4 Å². The highest BCUT2D eigenvalue weighted by Gasteiger charge is 2.08. The number of ether oxygens (including phenoxy) is 2. The van der Waals surface area contributed by atoms with Crippen molar-refractivity contribution in [3.63, 3.8) is 0 Å². The second-order valence-corrected chi connectivity index (χ2v) is 2.82. The molecule has 0 atom stereocenters. The maximum Gasteiger partial charge on any atom is 0.161 e. The Balaban J connectivity index is 3.13. The Hall–Kier alpha value is -1.75. The van der Waals surface area contributed by atoms with Crippen LogP contribution in [0.15, 0.2) is 23.4 Å². The Morgan fingerprint density at radius 2 is 2.00 bits per heavy atom. The largest absolute Gasteiger partial charge is 0.493 e. The van der Waals surface area contributed by atoms with E-state index >= 15 is 0 Å². The smallest absolute Gasteiger partial charge is 0.161 e. The lowest BCUT2D eigenvalue weighted by Crippen LogP contribution is -2.15. The molecule has 0 bridgehead atoms. The van der Waals surface area contributed by atoms with Crippen LogP contribution in [0.4, 0.5) is 0 Å². The molecule has 0 aliphatic carbocycles. The maximum atomic E-state index is 8.71. The molecule has 5 nitrogen and oxygen atoms in total. The van der Waals surface area contributed by atoms with Crippen molar-refractivity contribution < 1.29 is 14.7 Å². The molecule has 0 fully saturated rings. The molecule has 1 aromatic carbocycles. The fourth-order valence-electron chi connectivity index (χ4n) is 1.23. The quantitative estimate of drug-likeness (QED) is 0.438. The van der Waals surface area contributed by atoms with Gasteiger partial charge in [-0.3, -0.25) is 0 Å². The minimum atomic E-state index is 0.159. The average Bonchev–Trinajstić information content (AvgIpc) is 2.30. The van der Waals surface area contributed by atoms with E-state index in [-0.39, 0.29) is 6.54 Å². The molecule has 0 spiro atoms. The van der Waals surface area contributed by atoms with Crippen molar-refractivity contribution in [1.82, 2.24) is 0 Å². The number of oxime groups is 1. The standard InChI is InChI=1S/C10H14N2O3/c1-14-9-4-3-7(5-10(9)15-2)8(6-11)12-13/h3-5,13H,6,11H2,1-2H3. The van der Waals surface area contributed by atoms with Crippen molar-refractivity contribution in [2.45, 2.75) is 0 Å². The molecule has 0 unspecified atom stereocenters. The molecular weight excluding hydrogens is 196 g/mol. The van der Waals surface area contributed by atoms with Crippen molar-refractivity contribution in [3.05, 3.63) is 23.8 Å². The number of rotatable bonds is 4. The number of methoxy groups -OCH3 is 2. The second-order valence-electron chi connectivity index (χ2n) is 2.82. The minimum absolute atomic E-state index is 0.159. The molecule has 0 radical (unpaired) electrons. The summed E-state index contributed by atoms with van der Waals surface area (Å²) in [5.74, 6) is 1.19. The Morgan fingerprint density at radius 1 is 1.33 bits per heavy atom. The van der Waals surface area contributed by atoms with Gasteiger partial charge in [-0.2, -0.15) is 0 Å². The molecule has 3 N–H and O–H groups in total. The Morgan fingerprint density at radius 3 is 2.47 bits per heavy atom. The van der Waals surface area contributed by atoms with E-state index in [2.05, 4.69) is 5.16 Å². The zero-order chi connectivity index (χ0) is 11.3. The highest BCUT2D eigenvalue weighted by atomic mass is 16.5. The predicted octanol–water partition coefficient (Wildman–Crippen LogP) is 0.841. The molecule has 82 valence electrons. The molecule has 0 aromatic heterocycles. The Labute approximate surface area is 88.1 Å². The van der Waals surface area contributed by atoms with Crippen LogP contribution < -0.4 is 15.2 Å². The van der Waals surface area contributed by atoms with Gasteiger partial charge < -0.3 is 20.4 Å². The molecule has 0 aliphatic rings. The summed E-state index contributed by atoms with van der Waals surface area (Å²) in [5, 5.41) is 11.8. The molecule has 0 heterocycles. The zero-order valence-electron chi connectivity index (χ0n) is 8.73. The number of benzene rings is 1. The van der Waals surface area contributed by atoms with Gasteiger partial charge in [0.15, 0.2) is 11.5 Å². The number of nitrogens with zero attached hydrogens (tertiary/aromatic N) is 1. The third kappa shape index (κ3) is 2.38. The highest BCUT2D eigenvalue weighted by Crippen LogP contribution is 2.27. The first kappa shape index (κ1) is 11.3. The zero-order valence-corrected chi connectivity index (χ0v) is 8.73. The van der Waals surface area contributed by atoms with Crippen LogP contribution in [-0.2, 0) is 0 Å². The van der Waals surface area contributed by atoms with Gasteiger partial charge in [0.2, 0.25) is 0 Å². The van der Waals surface area contributed by atoms with Gasteiger partial charge in [-0.1, -0.05) is 5.16 Å². The monoisotopic (exact) mass is 210 g/mol. The lowest BCUT2D eigenvalue weighted by Gasteiger charge is -2.09. The van der Waals surface area contributed by atoms with E-state index in [9.17, 15) is 0 Å². The summed E-state index contributed by atoms with van der Waals surface area (Å²) in [6.07, 6.45) is 0. The van der Waals surface area contributed by atoms with Crippen LogP contribution in [-0.4, -0.2) is 31.7 Å². The van der Waals surface area contributed by atoms with Crippen molar-refractivity contribution in [2.24, 2.45) is 10.9 Å². The van der Waals surface area contributed by atoms with E-state index in [1.807, 2.05) is 0 Å². The van der Waals surface area contributed by atoms with Gasteiger partial charge in [-0.25, -0.2) is 0 Å². The summed E-state index contributed by atoms with van der Waals surface area (Å²) in [4.78, 5) is 0. The maximum absolute atomic E-state index is 8.71. The van der Waals surface area contributed by atoms with Gasteiger partial charge in [-0.15, -0.1) is 0 Å². The first-order valence-electron chi connectivity index (χ1n) is 4.40. The van der Waals surface area contributed by atoms with Gasteiger partial charge in [0.05, 0.1) is 14.2 Å². The molecule has 0 aliphatic heterocycles. The van der Waals surface area contributed by atoms with Gasteiger partial charge in [-0.05, 0) is 18.2 Å². The third-order valence-electron chi connectivity index (χ3n) is 2.03. The van der Waals surface area contributed by atoms with E-state index < -0.39 is 0 Å². The van der Waals surface area contributed by atoms with E-state index in [4.69, 9.17) is 20.4 Å². The van der Waals surface area contributed by atoms with Crippen LogP contribution in [0.3, 0.4) is 0 Å². The van der Waals surface area contributed by atoms with Crippen molar-refractivity contribution in [2.75, 3.05) is 20.8 Å². The average molecular weight is 210 g/mol. The fraction of sp³-hybridized carbons (Fsp3) is 0.300. The topological polar surface area (TPSA) is 77.1 Å². The van der Waals surface area contributed by atoms with Crippen LogP contribution in [0.5, 0.6) is 11.5 Å². The SMILES string of the molecule is COc1ccc(C(CN)=NO)cc1OC. The van der Waals surface area contributed by atoms with Gasteiger partial charge in [0.1, 0.15) is 5.71 Å². The van der Waals surface area contributed by atoms with Crippen LogP contribution >= 0.6 is 0 Å². The van der Waals surface area contributed by atoms with E-state index in [0.29, 0.717) is 22.8 Å². The van der Waals surface area contributed by atoms with E-state index in [1.165, 1.54) is 0 Å². The Bertz CT molecular complexity index is 364. The van der Waals surface area contributed by atoms with Gasteiger partial charge >= 0.3 is 0 Å². The normalized spacial score (nSPS) is 11.3. The summed E-state index contributed by atoms with van der Waals surface area (Å²) in [5.41, 5.74) is 6.52. The van der Waals surface area contributed by atoms with Crippen molar-refractivity contribution >= 4 is 5.71 Å². The lowest BCUT2D eigenvalue weighted by atomic mass is 10.1. The number of hydrogen-bond donors (Lipinski definition) is 2. The van der Waals surface area contributed by atoms with Crippen LogP contribution in [0.25, 0.3) is 0 Å². The summed E-state index contributed by atoms with van der Waals surface area (Å²) in [6.45, 7) is 0.159. The van der Waals surface area contributed by atoms with Crippen molar-refractivity contribution in [1.29, 1.82) is 0 Å². The van der Waals surface area contributed by atoms with E-state index in [0.717, 1.165) is 0 Å². The summed E-state index contributed by atoms with van der Waals surface area (Å²) in [7, 11) is 3.10. The lowest BCUT2D eigenvalue weighted by molar-refractivity contribution is 0.318. The molecule has 0 saturated heterocycles. The fourth-order valence-corrected chi connectivity index (χ4v) is 1.23. The van der Waals surface area contributed by atoms with Gasteiger partial charge in [0.25, 0.3) is 0 Å². The summed E-state index contributed by atoms with van der Waals surface area (Å²) >= 11 is 0. The van der Waals surface area contributed by atoms with Crippen LogP contribution in [0.2, 0.25) is 0 Å². The van der Waals surface area contributed by atoms with Gasteiger partial charge in [0, 0.05) is 12.1 Å². The number of hydrogen-bond acceptors (Lipinski definition) is 5.